The van der Waals surface area contributed by atoms with Crippen LogP contribution in [0.4, 0.5) is 0 Å². The van der Waals surface area contributed by atoms with Gasteiger partial charge in [0.2, 0.25) is 0 Å². The molecule has 19 heavy (non-hydrogen) atoms. The lowest BCUT2D eigenvalue weighted by Crippen LogP contribution is -2.19. The summed E-state index contributed by atoms with van der Waals surface area (Å²) in [6.07, 6.45) is 4.92. The number of aliphatic carboxylic acids is 1. The number of ether oxygens (including phenoxy) is 2. The minimum atomic E-state index is -0.925. The molecule has 0 spiro atoms. The molecule has 0 atom stereocenters. The van der Waals surface area contributed by atoms with Gasteiger partial charge in [-0.1, -0.05) is 0 Å². The van der Waals surface area contributed by atoms with Gasteiger partial charge >= 0.3 is 5.97 Å². The molecule has 2 heterocycles. The zero-order valence-corrected chi connectivity index (χ0v) is 11.5. The van der Waals surface area contributed by atoms with Gasteiger partial charge in [0.05, 0.1) is 13.2 Å². The van der Waals surface area contributed by atoms with Crippen molar-refractivity contribution in [2.75, 3.05) is 19.8 Å². The van der Waals surface area contributed by atoms with E-state index in [0.717, 1.165) is 48.5 Å². The predicted molar refractivity (Wildman–Crippen MR) is 74.2 cm³/mol. The van der Waals surface area contributed by atoms with E-state index in [-0.39, 0.29) is 0 Å². The van der Waals surface area contributed by atoms with Crippen LogP contribution in [0, 0.1) is 5.92 Å². The van der Waals surface area contributed by atoms with Crippen molar-refractivity contribution >= 4 is 23.4 Å². The molecule has 0 radical (unpaired) electrons. The van der Waals surface area contributed by atoms with E-state index in [2.05, 4.69) is 0 Å². The SMILES string of the molecule is O=C(O)C=Cc1ccc(COCC2CCOCC2)s1. The highest BCUT2D eigenvalue weighted by Gasteiger charge is 2.13. The number of hydrogen-bond donors (Lipinski definition) is 1. The Kier molecular flexibility index (Phi) is 5.57. The first kappa shape index (κ1) is 14.2. The molecular weight excluding hydrogens is 264 g/mol. The van der Waals surface area contributed by atoms with Gasteiger partial charge in [-0.2, -0.15) is 0 Å². The Morgan fingerprint density at radius 2 is 2.26 bits per heavy atom. The van der Waals surface area contributed by atoms with Crippen molar-refractivity contribution in [1.82, 2.24) is 0 Å². The lowest BCUT2D eigenvalue weighted by atomic mass is 10.0. The van der Waals surface area contributed by atoms with Gasteiger partial charge in [0, 0.05) is 29.0 Å². The largest absolute Gasteiger partial charge is 0.478 e. The van der Waals surface area contributed by atoms with Crippen molar-refractivity contribution in [2.24, 2.45) is 5.92 Å². The fraction of sp³-hybridized carbons (Fsp3) is 0.500. The average Bonchev–Trinajstić information content (AvgIpc) is 2.86. The van der Waals surface area contributed by atoms with E-state index >= 15 is 0 Å². The van der Waals surface area contributed by atoms with E-state index in [1.54, 1.807) is 17.4 Å². The maximum Gasteiger partial charge on any atom is 0.328 e. The normalized spacial score (nSPS) is 17.1. The van der Waals surface area contributed by atoms with Crippen LogP contribution in [0.15, 0.2) is 18.2 Å². The molecule has 1 saturated heterocycles. The summed E-state index contributed by atoms with van der Waals surface area (Å²) in [6, 6.07) is 3.90. The number of carbonyl (C=O) groups is 1. The summed E-state index contributed by atoms with van der Waals surface area (Å²) >= 11 is 1.56. The van der Waals surface area contributed by atoms with Gasteiger partial charge in [-0.15, -0.1) is 11.3 Å². The lowest BCUT2D eigenvalue weighted by Gasteiger charge is -2.21. The van der Waals surface area contributed by atoms with Crippen molar-refractivity contribution in [3.8, 4) is 0 Å². The van der Waals surface area contributed by atoms with Crippen molar-refractivity contribution in [2.45, 2.75) is 19.4 Å². The first-order valence-corrected chi connectivity index (χ1v) is 7.21. The minimum Gasteiger partial charge on any atom is -0.478 e. The van der Waals surface area contributed by atoms with Crippen molar-refractivity contribution in [3.05, 3.63) is 28.0 Å². The molecule has 0 aliphatic carbocycles. The standard InChI is InChI=1S/C14H18O4S/c15-14(16)4-3-12-1-2-13(19-12)10-18-9-11-5-7-17-8-6-11/h1-4,11H,5-10H2,(H,15,16). The Bertz CT molecular complexity index is 432. The molecule has 1 aromatic heterocycles. The van der Waals surface area contributed by atoms with E-state index in [9.17, 15) is 4.79 Å². The first-order valence-electron chi connectivity index (χ1n) is 6.39. The van der Waals surface area contributed by atoms with Crippen LogP contribution in [0.2, 0.25) is 0 Å². The first-order chi connectivity index (χ1) is 9.24. The van der Waals surface area contributed by atoms with Crippen molar-refractivity contribution < 1.29 is 19.4 Å². The Morgan fingerprint density at radius 1 is 1.47 bits per heavy atom. The number of thiophene rings is 1. The molecule has 1 aliphatic rings. The van der Waals surface area contributed by atoms with Crippen LogP contribution in [0.5, 0.6) is 0 Å². The molecule has 1 aliphatic heterocycles. The van der Waals surface area contributed by atoms with E-state index in [4.69, 9.17) is 14.6 Å². The van der Waals surface area contributed by atoms with Crippen molar-refractivity contribution in [3.63, 3.8) is 0 Å². The van der Waals surface area contributed by atoms with Gasteiger partial charge in [0.25, 0.3) is 0 Å². The third kappa shape index (κ3) is 5.14. The molecule has 104 valence electrons. The van der Waals surface area contributed by atoms with Gasteiger partial charge in [0.15, 0.2) is 0 Å². The number of hydrogen-bond acceptors (Lipinski definition) is 4. The molecule has 1 aromatic rings. The van der Waals surface area contributed by atoms with E-state index in [1.165, 1.54) is 0 Å². The summed E-state index contributed by atoms with van der Waals surface area (Å²) in [5.41, 5.74) is 0. The third-order valence-electron chi connectivity index (χ3n) is 3.01. The van der Waals surface area contributed by atoms with Gasteiger partial charge in [-0.3, -0.25) is 0 Å². The fourth-order valence-corrected chi connectivity index (χ4v) is 2.81. The second-order valence-electron chi connectivity index (χ2n) is 4.55. The molecular formula is C14H18O4S. The number of carboxylic acid groups (broad SMARTS) is 1. The van der Waals surface area contributed by atoms with Crippen LogP contribution >= 0.6 is 11.3 Å². The zero-order chi connectivity index (χ0) is 13.5. The number of rotatable bonds is 6. The summed E-state index contributed by atoms with van der Waals surface area (Å²) in [6.45, 7) is 3.07. The van der Waals surface area contributed by atoms with Crippen LogP contribution < -0.4 is 0 Å². The Labute approximate surface area is 116 Å². The topological polar surface area (TPSA) is 55.8 Å². The second-order valence-corrected chi connectivity index (χ2v) is 5.75. The monoisotopic (exact) mass is 282 g/mol. The van der Waals surface area contributed by atoms with E-state index in [0.29, 0.717) is 12.5 Å². The number of carboxylic acids is 1. The van der Waals surface area contributed by atoms with Gasteiger partial charge in [-0.25, -0.2) is 4.79 Å². The summed E-state index contributed by atoms with van der Waals surface area (Å²) in [4.78, 5) is 12.5. The van der Waals surface area contributed by atoms with Gasteiger partial charge < -0.3 is 14.6 Å². The third-order valence-corrected chi connectivity index (χ3v) is 4.04. The highest BCUT2D eigenvalue weighted by Crippen LogP contribution is 2.20. The summed E-state index contributed by atoms with van der Waals surface area (Å²) in [5, 5.41) is 8.55. The molecule has 2 rings (SSSR count). The highest BCUT2D eigenvalue weighted by molar-refractivity contribution is 7.12. The molecule has 0 amide bonds. The van der Waals surface area contributed by atoms with Crippen LogP contribution in [-0.4, -0.2) is 30.9 Å². The van der Waals surface area contributed by atoms with Crippen LogP contribution in [0.1, 0.15) is 22.6 Å². The second kappa shape index (κ2) is 7.43. The Balaban J connectivity index is 1.72. The predicted octanol–water partition coefficient (Wildman–Crippen LogP) is 2.79. The Morgan fingerprint density at radius 3 is 3.00 bits per heavy atom. The lowest BCUT2D eigenvalue weighted by molar-refractivity contribution is -0.131. The van der Waals surface area contributed by atoms with Gasteiger partial charge in [-0.05, 0) is 37.0 Å². The summed E-state index contributed by atoms with van der Waals surface area (Å²) < 4.78 is 11.0. The van der Waals surface area contributed by atoms with E-state index in [1.807, 2.05) is 12.1 Å². The molecule has 0 unspecified atom stereocenters. The molecule has 5 heteroatoms. The Hall–Kier alpha value is -1.17. The highest BCUT2D eigenvalue weighted by atomic mass is 32.1. The molecule has 1 N–H and O–H groups in total. The van der Waals surface area contributed by atoms with E-state index < -0.39 is 5.97 Å². The van der Waals surface area contributed by atoms with Crippen LogP contribution in [0.3, 0.4) is 0 Å². The minimum absolute atomic E-state index is 0.600. The molecule has 4 nitrogen and oxygen atoms in total. The quantitative estimate of drug-likeness (QED) is 0.815. The van der Waals surface area contributed by atoms with Gasteiger partial charge in [0.1, 0.15) is 0 Å². The molecule has 0 bridgehead atoms. The summed E-state index contributed by atoms with van der Waals surface area (Å²) in [7, 11) is 0. The van der Waals surface area contributed by atoms with Crippen LogP contribution in [-0.2, 0) is 20.9 Å². The molecule has 0 saturated carbocycles. The maximum atomic E-state index is 10.4. The zero-order valence-electron chi connectivity index (χ0n) is 10.7. The summed E-state index contributed by atoms with van der Waals surface area (Å²) in [5.74, 6) is -0.314. The fourth-order valence-electron chi connectivity index (χ4n) is 1.95. The van der Waals surface area contributed by atoms with Crippen LogP contribution in [0.25, 0.3) is 6.08 Å². The smallest absolute Gasteiger partial charge is 0.328 e. The molecule has 1 fully saturated rings. The average molecular weight is 282 g/mol. The maximum absolute atomic E-state index is 10.4. The molecule has 0 aromatic carbocycles. The van der Waals surface area contributed by atoms with Crippen molar-refractivity contribution in [1.29, 1.82) is 0 Å².